The van der Waals surface area contributed by atoms with Crippen molar-refractivity contribution in [3.63, 3.8) is 0 Å². The van der Waals surface area contributed by atoms with E-state index in [1.807, 2.05) is 24.3 Å². The van der Waals surface area contributed by atoms with E-state index >= 15 is 0 Å². The fraction of sp³-hybridized carbons (Fsp3) is 0.364. The highest BCUT2D eigenvalue weighted by molar-refractivity contribution is 7.99. The normalized spacial score (nSPS) is 12.4. The Morgan fingerprint density at radius 2 is 2.22 bits per heavy atom. The Hall–Kier alpha value is -1.60. The summed E-state index contributed by atoms with van der Waals surface area (Å²) in [5.74, 6) is 1.50. The average molecular weight is 265 g/mol. The second kappa shape index (κ2) is 5.83. The van der Waals surface area contributed by atoms with E-state index in [9.17, 15) is 0 Å². The molecule has 0 aliphatic rings. The van der Waals surface area contributed by atoms with Gasteiger partial charge in [-0.05, 0) is 16.5 Å². The molecule has 7 heteroatoms. The van der Waals surface area contributed by atoms with Crippen LogP contribution in [0.2, 0.25) is 0 Å². The standard InChI is InChI=1S/C11H15N5OS/c1-16-11(13-14-15-16)18-7-9(12)8-5-3-4-6-10(8)17-2/h3-6,9H,7,12H2,1-2H3. The third-order valence-corrected chi connectivity index (χ3v) is 3.64. The van der Waals surface area contributed by atoms with Crippen LogP contribution >= 0.6 is 11.8 Å². The van der Waals surface area contributed by atoms with Crippen LogP contribution in [-0.4, -0.2) is 33.1 Å². The van der Waals surface area contributed by atoms with E-state index in [0.29, 0.717) is 5.75 Å². The number of hydrogen-bond donors (Lipinski definition) is 1. The SMILES string of the molecule is COc1ccccc1C(N)CSc1nnnn1C. The van der Waals surface area contributed by atoms with Crippen molar-refractivity contribution in [3.05, 3.63) is 29.8 Å². The molecule has 0 saturated heterocycles. The third kappa shape index (κ3) is 2.80. The average Bonchev–Trinajstić information content (AvgIpc) is 2.81. The van der Waals surface area contributed by atoms with Crippen LogP contribution in [0, 0.1) is 0 Å². The minimum absolute atomic E-state index is 0.122. The summed E-state index contributed by atoms with van der Waals surface area (Å²) >= 11 is 1.52. The fourth-order valence-electron chi connectivity index (χ4n) is 1.57. The first kappa shape index (κ1) is 12.8. The van der Waals surface area contributed by atoms with Crippen molar-refractivity contribution < 1.29 is 4.74 Å². The number of aryl methyl sites for hydroxylation is 1. The summed E-state index contributed by atoms with van der Waals surface area (Å²) in [6.07, 6.45) is 0. The fourth-order valence-corrected chi connectivity index (χ4v) is 2.40. The molecule has 1 aromatic carbocycles. The topological polar surface area (TPSA) is 78.8 Å². The van der Waals surface area contributed by atoms with Crippen LogP contribution in [0.4, 0.5) is 0 Å². The van der Waals surface area contributed by atoms with E-state index in [0.717, 1.165) is 16.5 Å². The highest BCUT2D eigenvalue weighted by Gasteiger charge is 2.13. The summed E-state index contributed by atoms with van der Waals surface area (Å²) in [5.41, 5.74) is 7.15. The highest BCUT2D eigenvalue weighted by atomic mass is 32.2. The van der Waals surface area contributed by atoms with Crippen LogP contribution in [0.25, 0.3) is 0 Å². The highest BCUT2D eigenvalue weighted by Crippen LogP contribution is 2.27. The van der Waals surface area contributed by atoms with Crippen molar-refractivity contribution in [3.8, 4) is 5.75 Å². The molecule has 2 N–H and O–H groups in total. The zero-order chi connectivity index (χ0) is 13.0. The maximum atomic E-state index is 6.16. The lowest BCUT2D eigenvalue weighted by Crippen LogP contribution is -2.14. The van der Waals surface area contributed by atoms with Crippen molar-refractivity contribution in [2.45, 2.75) is 11.2 Å². The minimum Gasteiger partial charge on any atom is -0.496 e. The largest absolute Gasteiger partial charge is 0.496 e. The molecular weight excluding hydrogens is 250 g/mol. The van der Waals surface area contributed by atoms with E-state index in [2.05, 4.69) is 15.5 Å². The van der Waals surface area contributed by atoms with Crippen molar-refractivity contribution in [1.82, 2.24) is 20.2 Å². The molecule has 18 heavy (non-hydrogen) atoms. The van der Waals surface area contributed by atoms with Crippen molar-refractivity contribution >= 4 is 11.8 Å². The molecule has 96 valence electrons. The lowest BCUT2D eigenvalue weighted by Gasteiger charge is -2.14. The van der Waals surface area contributed by atoms with E-state index < -0.39 is 0 Å². The summed E-state index contributed by atoms with van der Waals surface area (Å²) in [6.45, 7) is 0. The number of methoxy groups -OCH3 is 1. The molecule has 2 rings (SSSR count). The van der Waals surface area contributed by atoms with Crippen LogP contribution in [0.15, 0.2) is 29.4 Å². The number of thioether (sulfide) groups is 1. The Morgan fingerprint density at radius 3 is 2.89 bits per heavy atom. The quantitative estimate of drug-likeness (QED) is 0.813. The Labute approximate surface area is 110 Å². The van der Waals surface area contributed by atoms with Crippen LogP contribution in [0.5, 0.6) is 5.75 Å². The van der Waals surface area contributed by atoms with Gasteiger partial charge in [0.25, 0.3) is 0 Å². The predicted octanol–water partition coefficient (Wildman–Crippen LogP) is 1.01. The number of hydrogen-bond acceptors (Lipinski definition) is 6. The van der Waals surface area contributed by atoms with Gasteiger partial charge < -0.3 is 10.5 Å². The zero-order valence-electron chi connectivity index (χ0n) is 10.3. The second-order valence-corrected chi connectivity index (χ2v) is 4.73. The molecule has 1 aromatic heterocycles. The predicted molar refractivity (Wildman–Crippen MR) is 69.4 cm³/mol. The molecule has 1 heterocycles. The van der Waals surface area contributed by atoms with Gasteiger partial charge >= 0.3 is 0 Å². The first-order valence-electron chi connectivity index (χ1n) is 5.46. The Bertz CT molecular complexity index is 516. The molecule has 0 aliphatic heterocycles. The Kier molecular flexibility index (Phi) is 4.16. The van der Waals surface area contributed by atoms with Gasteiger partial charge in [0.2, 0.25) is 5.16 Å². The van der Waals surface area contributed by atoms with Crippen LogP contribution < -0.4 is 10.5 Å². The maximum Gasteiger partial charge on any atom is 0.209 e. The summed E-state index contributed by atoms with van der Waals surface area (Å²) in [5, 5.41) is 12.0. The van der Waals surface area contributed by atoms with E-state index in [1.165, 1.54) is 11.8 Å². The molecule has 0 fully saturated rings. The van der Waals surface area contributed by atoms with Gasteiger partial charge in [-0.15, -0.1) is 5.10 Å². The van der Waals surface area contributed by atoms with E-state index in [4.69, 9.17) is 10.5 Å². The van der Waals surface area contributed by atoms with Crippen LogP contribution in [0.1, 0.15) is 11.6 Å². The molecule has 0 amide bonds. The van der Waals surface area contributed by atoms with Crippen molar-refractivity contribution in [1.29, 1.82) is 0 Å². The van der Waals surface area contributed by atoms with Gasteiger partial charge in [-0.1, -0.05) is 30.0 Å². The molecular formula is C11H15N5OS. The number of aromatic nitrogens is 4. The van der Waals surface area contributed by atoms with Crippen LogP contribution in [-0.2, 0) is 7.05 Å². The molecule has 0 spiro atoms. The number of rotatable bonds is 5. The zero-order valence-corrected chi connectivity index (χ0v) is 11.1. The molecule has 1 unspecified atom stereocenters. The van der Waals surface area contributed by atoms with Gasteiger partial charge in [0.15, 0.2) is 0 Å². The number of tetrazole rings is 1. The monoisotopic (exact) mass is 265 g/mol. The summed E-state index contributed by atoms with van der Waals surface area (Å²) in [6, 6.07) is 7.63. The first-order valence-corrected chi connectivity index (χ1v) is 6.44. The number of nitrogens with zero attached hydrogens (tertiary/aromatic N) is 4. The van der Waals surface area contributed by atoms with Gasteiger partial charge in [-0.3, -0.25) is 0 Å². The lowest BCUT2D eigenvalue weighted by atomic mass is 10.1. The van der Waals surface area contributed by atoms with Crippen LogP contribution in [0.3, 0.4) is 0 Å². The number of ether oxygens (including phenoxy) is 1. The molecule has 0 bridgehead atoms. The van der Waals surface area contributed by atoms with Crippen molar-refractivity contribution in [2.24, 2.45) is 12.8 Å². The molecule has 0 aliphatic carbocycles. The van der Waals surface area contributed by atoms with Gasteiger partial charge in [0.05, 0.1) is 7.11 Å². The van der Waals surface area contributed by atoms with E-state index in [1.54, 1.807) is 18.8 Å². The lowest BCUT2D eigenvalue weighted by molar-refractivity contribution is 0.407. The Morgan fingerprint density at radius 1 is 1.44 bits per heavy atom. The van der Waals surface area contributed by atoms with Crippen molar-refractivity contribution in [2.75, 3.05) is 12.9 Å². The smallest absolute Gasteiger partial charge is 0.209 e. The summed E-state index contributed by atoms with van der Waals surface area (Å²) in [4.78, 5) is 0. The number of nitrogens with two attached hydrogens (primary N) is 1. The number of benzene rings is 1. The summed E-state index contributed by atoms with van der Waals surface area (Å²) in [7, 11) is 3.45. The molecule has 6 nitrogen and oxygen atoms in total. The third-order valence-electron chi connectivity index (χ3n) is 2.51. The van der Waals surface area contributed by atoms with Gasteiger partial charge in [-0.2, -0.15) is 0 Å². The maximum absolute atomic E-state index is 6.16. The minimum atomic E-state index is -0.122. The number of para-hydroxylation sites is 1. The molecule has 2 aromatic rings. The van der Waals surface area contributed by atoms with Gasteiger partial charge in [-0.25, -0.2) is 4.68 Å². The second-order valence-electron chi connectivity index (χ2n) is 3.74. The molecule has 1 atom stereocenters. The van der Waals surface area contributed by atoms with E-state index in [-0.39, 0.29) is 6.04 Å². The van der Waals surface area contributed by atoms with Gasteiger partial charge in [0, 0.05) is 24.4 Å². The summed E-state index contributed by atoms with van der Waals surface area (Å²) < 4.78 is 6.92. The molecule has 0 radical (unpaired) electrons. The first-order chi connectivity index (χ1) is 8.72. The Balaban J connectivity index is 2.03. The van der Waals surface area contributed by atoms with Gasteiger partial charge in [0.1, 0.15) is 5.75 Å². The molecule has 0 saturated carbocycles.